The van der Waals surface area contributed by atoms with Gasteiger partial charge in [0.25, 0.3) is 5.91 Å². The van der Waals surface area contributed by atoms with Gasteiger partial charge in [-0.3, -0.25) is 13.8 Å². The summed E-state index contributed by atoms with van der Waals surface area (Å²) in [6, 6.07) is 6.72. The molecule has 1 saturated heterocycles. The number of amides is 1. The molecule has 8 heteroatoms. The molecule has 128 valence electrons. The summed E-state index contributed by atoms with van der Waals surface area (Å²) in [5, 5.41) is 4.09. The van der Waals surface area contributed by atoms with Crippen LogP contribution in [0.3, 0.4) is 0 Å². The van der Waals surface area contributed by atoms with Gasteiger partial charge in [0.15, 0.2) is 0 Å². The van der Waals surface area contributed by atoms with Gasteiger partial charge in [0.2, 0.25) is 10.0 Å². The van der Waals surface area contributed by atoms with Gasteiger partial charge >= 0.3 is 0 Å². The van der Waals surface area contributed by atoms with Crippen LogP contribution in [0, 0.1) is 0 Å². The number of aryl methyl sites for hydroxylation is 1. The minimum absolute atomic E-state index is 0.116. The zero-order valence-electron chi connectivity index (χ0n) is 13.7. The minimum atomic E-state index is -3.20. The molecule has 1 amide bonds. The molecule has 0 aliphatic carbocycles. The predicted molar refractivity (Wildman–Crippen MR) is 91.2 cm³/mol. The zero-order valence-corrected chi connectivity index (χ0v) is 14.5. The maximum atomic E-state index is 12.5. The molecule has 0 unspecified atom stereocenters. The van der Waals surface area contributed by atoms with Gasteiger partial charge in [-0.1, -0.05) is 0 Å². The Morgan fingerprint density at radius 1 is 1.29 bits per heavy atom. The number of anilines is 1. The fourth-order valence-corrected chi connectivity index (χ4v) is 4.38. The Kier molecular flexibility index (Phi) is 4.31. The van der Waals surface area contributed by atoms with E-state index in [4.69, 9.17) is 0 Å². The van der Waals surface area contributed by atoms with Crippen molar-refractivity contribution in [2.24, 2.45) is 7.05 Å². The summed E-state index contributed by atoms with van der Waals surface area (Å²) in [4.78, 5) is 14.1. The van der Waals surface area contributed by atoms with Crippen molar-refractivity contribution >= 4 is 21.6 Å². The number of carbonyl (C=O) groups excluding carboxylic acids is 1. The molecule has 2 aromatic rings. The number of rotatable bonds is 4. The van der Waals surface area contributed by atoms with Gasteiger partial charge in [0, 0.05) is 44.5 Å². The normalized spacial score (nSPS) is 16.3. The highest BCUT2D eigenvalue weighted by molar-refractivity contribution is 7.93. The highest BCUT2D eigenvalue weighted by atomic mass is 32.2. The molecule has 3 rings (SSSR count). The maximum absolute atomic E-state index is 12.5. The topological polar surface area (TPSA) is 75.5 Å². The van der Waals surface area contributed by atoms with E-state index in [0.29, 0.717) is 30.8 Å². The van der Waals surface area contributed by atoms with Gasteiger partial charge in [0.05, 0.1) is 17.6 Å². The van der Waals surface area contributed by atoms with E-state index >= 15 is 0 Å². The van der Waals surface area contributed by atoms with Gasteiger partial charge in [-0.05, 0) is 30.7 Å². The highest BCUT2D eigenvalue weighted by Crippen LogP contribution is 2.24. The third kappa shape index (κ3) is 3.28. The summed E-state index contributed by atoms with van der Waals surface area (Å²) in [5.74, 6) is 0.0660. The molecule has 0 spiro atoms. The number of hydrogen-bond acceptors (Lipinski definition) is 4. The third-order valence-electron chi connectivity index (χ3n) is 4.03. The van der Waals surface area contributed by atoms with E-state index in [-0.39, 0.29) is 11.7 Å². The Hall–Kier alpha value is -2.35. The Balaban J connectivity index is 1.71. The van der Waals surface area contributed by atoms with Gasteiger partial charge in [-0.25, -0.2) is 8.42 Å². The van der Waals surface area contributed by atoms with Crippen LogP contribution < -0.4 is 4.31 Å². The van der Waals surface area contributed by atoms with Crippen molar-refractivity contribution in [3.05, 3.63) is 47.8 Å². The monoisotopic (exact) mass is 348 g/mol. The number of aromatic nitrogens is 2. The number of sulfonamides is 1. The van der Waals surface area contributed by atoms with Crippen LogP contribution in [0.2, 0.25) is 0 Å². The van der Waals surface area contributed by atoms with Crippen molar-refractivity contribution in [3.63, 3.8) is 0 Å². The van der Waals surface area contributed by atoms with Crippen molar-refractivity contribution in [1.82, 2.24) is 14.7 Å². The third-order valence-corrected chi connectivity index (χ3v) is 5.90. The van der Waals surface area contributed by atoms with Gasteiger partial charge < -0.3 is 4.90 Å². The lowest BCUT2D eigenvalue weighted by Gasteiger charge is -2.19. The van der Waals surface area contributed by atoms with Crippen LogP contribution in [0.15, 0.2) is 36.7 Å². The molecule has 1 aromatic heterocycles. The van der Waals surface area contributed by atoms with Gasteiger partial charge in [-0.2, -0.15) is 5.10 Å². The number of carbonyl (C=O) groups is 1. The van der Waals surface area contributed by atoms with E-state index in [1.165, 1.54) is 4.31 Å². The lowest BCUT2D eigenvalue weighted by atomic mass is 10.1. The van der Waals surface area contributed by atoms with Crippen LogP contribution in [0.4, 0.5) is 5.69 Å². The SMILES string of the molecule is CN(Cc1cnn(C)c1)C(=O)c1ccc(N2CCCS2(=O)=O)cc1. The fraction of sp³-hybridized carbons (Fsp3) is 0.375. The zero-order chi connectivity index (χ0) is 17.3. The molecular weight excluding hydrogens is 328 g/mol. The summed E-state index contributed by atoms with van der Waals surface area (Å²) in [7, 11) is 0.361. The van der Waals surface area contributed by atoms with Crippen LogP contribution in [-0.4, -0.2) is 48.4 Å². The van der Waals surface area contributed by atoms with E-state index in [1.807, 2.05) is 13.2 Å². The second-order valence-corrected chi connectivity index (χ2v) is 7.98. The molecule has 1 fully saturated rings. The smallest absolute Gasteiger partial charge is 0.253 e. The first kappa shape index (κ1) is 16.5. The first-order valence-electron chi connectivity index (χ1n) is 7.70. The van der Waals surface area contributed by atoms with E-state index in [2.05, 4.69) is 5.10 Å². The molecule has 7 nitrogen and oxygen atoms in total. The summed E-state index contributed by atoms with van der Waals surface area (Å²) < 4.78 is 27.0. The highest BCUT2D eigenvalue weighted by Gasteiger charge is 2.28. The van der Waals surface area contributed by atoms with E-state index < -0.39 is 10.0 Å². The van der Waals surface area contributed by atoms with Crippen LogP contribution in [-0.2, 0) is 23.6 Å². The van der Waals surface area contributed by atoms with Crippen LogP contribution in [0.1, 0.15) is 22.3 Å². The van der Waals surface area contributed by atoms with Crippen molar-refractivity contribution in [2.45, 2.75) is 13.0 Å². The molecule has 1 aromatic carbocycles. The van der Waals surface area contributed by atoms with Crippen LogP contribution in [0.25, 0.3) is 0 Å². The largest absolute Gasteiger partial charge is 0.337 e. The molecule has 0 bridgehead atoms. The molecule has 24 heavy (non-hydrogen) atoms. The summed E-state index contributed by atoms with van der Waals surface area (Å²) in [6.07, 6.45) is 4.23. The van der Waals surface area contributed by atoms with Crippen LogP contribution in [0.5, 0.6) is 0 Å². The fourth-order valence-electron chi connectivity index (χ4n) is 2.82. The first-order chi connectivity index (χ1) is 11.4. The molecule has 0 atom stereocenters. The van der Waals surface area contributed by atoms with Crippen molar-refractivity contribution in [2.75, 3.05) is 23.7 Å². The molecule has 1 aliphatic rings. The van der Waals surface area contributed by atoms with Crippen molar-refractivity contribution < 1.29 is 13.2 Å². The van der Waals surface area contributed by atoms with Crippen molar-refractivity contribution in [3.8, 4) is 0 Å². The average molecular weight is 348 g/mol. The van der Waals surface area contributed by atoms with Gasteiger partial charge in [-0.15, -0.1) is 0 Å². The quantitative estimate of drug-likeness (QED) is 0.833. The van der Waals surface area contributed by atoms with Gasteiger partial charge in [0.1, 0.15) is 0 Å². The minimum Gasteiger partial charge on any atom is -0.337 e. The van der Waals surface area contributed by atoms with Crippen molar-refractivity contribution in [1.29, 1.82) is 0 Å². The molecular formula is C16H20N4O3S. The predicted octanol–water partition coefficient (Wildman–Crippen LogP) is 1.23. The lowest BCUT2D eigenvalue weighted by Crippen LogP contribution is -2.27. The lowest BCUT2D eigenvalue weighted by molar-refractivity contribution is 0.0785. The average Bonchev–Trinajstić information content (AvgIpc) is 3.11. The second kappa shape index (κ2) is 6.27. The van der Waals surface area contributed by atoms with E-state index in [1.54, 1.807) is 47.1 Å². The first-order valence-corrected chi connectivity index (χ1v) is 9.31. The summed E-state index contributed by atoms with van der Waals surface area (Å²) in [5.41, 5.74) is 2.09. The Labute approximate surface area is 141 Å². The molecule has 0 N–H and O–H groups in total. The standard InChI is InChI=1S/C16H20N4O3S/c1-18(11-13-10-17-19(2)12-13)16(21)14-4-6-15(7-5-14)20-8-3-9-24(20,22)23/h4-7,10,12H,3,8-9,11H2,1-2H3. The molecule has 0 saturated carbocycles. The Morgan fingerprint density at radius 3 is 2.54 bits per heavy atom. The molecule has 2 heterocycles. The second-order valence-electron chi connectivity index (χ2n) is 5.97. The maximum Gasteiger partial charge on any atom is 0.253 e. The number of hydrogen-bond donors (Lipinski definition) is 0. The van der Waals surface area contributed by atoms with E-state index in [0.717, 1.165) is 5.56 Å². The number of benzene rings is 1. The van der Waals surface area contributed by atoms with Crippen LogP contribution >= 0.6 is 0 Å². The summed E-state index contributed by atoms with van der Waals surface area (Å²) in [6.45, 7) is 0.964. The summed E-state index contributed by atoms with van der Waals surface area (Å²) >= 11 is 0. The Bertz CT molecular complexity index is 842. The Morgan fingerprint density at radius 2 is 2.00 bits per heavy atom. The van der Waals surface area contributed by atoms with E-state index in [9.17, 15) is 13.2 Å². The number of nitrogens with zero attached hydrogens (tertiary/aromatic N) is 4. The molecule has 1 aliphatic heterocycles. The molecule has 0 radical (unpaired) electrons.